The molecule has 2 aromatic rings. The highest BCUT2D eigenvalue weighted by Gasteiger charge is 2.47. The Morgan fingerprint density at radius 3 is 2.10 bits per heavy atom. The first kappa shape index (κ1) is 27.4. The Hall–Kier alpha value is -3.14. The lowest BCUT2D eigenvalue weighted by molar-refractivity contribution is -0.143. The summed E-state index contributed by atoms with van der Waals surface area (Å²) in [6.07, 6.45) is -5.42. The second-order valence-corrected chi connectivity index (χ2v) is 10.4. The van der Waals surface area contributed by atoms with E-state index in [0.29, 0.717) is 31.6 Å². The molecule has 0 aromatic heterocycles. The molecular weight excluding hydrogens is 527 g/mol. The van der Waals surface area contributed by atoms with Gasteiger partial charge in [0, 0.05) is 30.8 Å². The minimum atomic E-state index is -4.96. The molecule has 39 heavy (non-hydrogen) atoms. The third-order valence-electron chi connectivity index (χ3n) is 7.96. The first-order valence-corrected chi connectivity index (χ1v) is 12.7. The Labute approximate surface area is 220 Å². The number of ketones is 1. The number of hydrogen-bond donors (Lipinski definition) is 0. The van der Waals surface area contributed by atoms with E-state index in [1.54, 1.807) is 24.3 Å². The Bertz CT molecular complexity index is 1260. The molecule has 5 atom stereocenters. The topological polar surface area (TPSA) is 29.5 Å². The highest BCUT2D eigenvalue weighted by molar-refractivity contribution is 6.03. The second-order valence-electron chi connectivity index (χ2n) is 10.4. The van der Waals surface area contributed by atoms with Crippen molar-refractivity contribution in [1.82, 2.24) is 4.90 Å². The van der Waals surface area contributed by atoms with Crippen molar-refractivity contribution in [2.45, 2.75) is 50.2 Å². The van der Waals surface area contributed by atoms with Crippen molar-refractivity contribution >= 4 is 5.78 Å². The lowest BCUT2D eigenvalue weighted by atomic mass is 9.69. The summed E-state index contributed by atoms with van der Waals surface area (Å²) >= 11 is 0. The minimum Gasteiger partial charge on any atom is -0.371 e. The number of carbonyl (C=O) groups excluding carboxylic acids is 1. The molecule has 1 saturated carbocycles. The maximum atomic E-state index is 13.8. The lowest BCUT2D eigenvalue weighted by Crippen LogP contribution is -2.38. The average molecular weight is 554 g/mol. The molecule has 3 nitrogen and oxygen atoms in total. The molecule has 2 fully saturated rings. The van der Waals surface area contributed by atoms with Gasteiger partial charge in [-0.1, -0.05) is 12.1 Å². The monoisotopic (exact) mass is 553 g/mol. The molecule has 0 N–H and O–H groups in total. The first-order valence-electron chi connectivity index (χ1n) is 12.7. The third-order valence-corrected chi connectivity index (χ3v) is 7.96. The number of alkyl halides is 6. The fraction of sp³-hybridized carbons (Fsp3) is 0.414. The van der Waals surface area contributed by atoms with Crippen LogP contribution in [0.2, 0.25) is 0 Å². The van der Waals surface area contributed by atoms with E-state index >= 15 is 0 Å². The van der Waals surface area contributed by atoms with Crippen LogP contribution in [0.3, 0.4) is 0 Å². The molecule has 1 heterocycles. The minimum absolute atomic E-state index is 0.0265. The number of allylic oxidation sites excluding steroid dienone is 3. The van der Waals surface area contributed by atoms with Crippen molar-refractivity contribution in [2.75, 3.05) is 13.1 Å². The Balaban J connectivity index is 1.45. The van der Waals surface area contributed by atoms with Crippen LogP contribution in [0.4, 0.5) is 30.7 Å². The highest BCUT2D eigenvalue weighted by Crippen LogP contribution is 2.49. The summed E-state index contributed by atoms with van der Waals surface area (Å²) in [5.41, 5.74) is -1.40. The molecular formula is C29H26F7NO2. The van der Waals surface area contributed by atoms with Gasteiger partial charge in [-0.15, -0.1) is 0 Å². The molecule has 0 bridgehead atoms. The van der Waals surface area contributed by atoms with E-state index in [4.69, 9.17) is 4.74 Å². The molecule has 1 aliphatic heterocycles. The van der Waals surface area contributed by atoms with Gasteiger partial charge in [-0.05, 0) is 85.2 Å². The molecule has 1 saturated heterocycles. The molecule has 3 aliphatic rings. The number of fused-ring (bicyclic) bond motifs is 1. The fourth-order valence-corrected chi connectivity index (χ4v) is 6.11. The molecule has 5 rings (SSSR count). The number of carbonyl (C=O) groups is 1. The maximum absolute atomic E-state index is 13.8. The predicted octanol–water partition coefficient (Wildman–Crippen LogP) is 7.46. The number of hydrogen-bond acceptors (Lipinski definition) is 3. The summed E-state index contributed by atoms with van der Waals surface area (Å²) in [6, 6.07) is 7.46. The van der Waals surface area contributed by atoms with Gasteiger partial charge in [0.2, 0.25) is 0 Å². The van der Waals surface area contributed by atoms with Crippen LogP contribution in [0.5, 0.6) is 0 Å². The van der Waals surface area contributed by atoms with E-state index in [2.05, 4.69) is 4.90 Å². The van der Waals surface area contributed by atoms with Gasteiger partial charge < -0.3 is 9.64 Å². The summed E-state index contributed by atoms with van der Waals surface area (Å²) in [5, 5.41) is 0. The van der Waals surface area contributed by atoms with Crippen molar-refractivity contribution < 1.29 is 40.3 Å². The van der Waals surface area contributed by atoms with Gasteiger partial charge in [0.1, 0.15) is 5.82 Å². The Kier molecular flexibility index (Phi) is 7.11. The van der Waals surface area contributed by atoms with Gasteiger partial charge in [0.15, 0.2) is 5.78 Å². The molecule has 0 unspecified atom stereocenters. The van der Waals surface area contributed by atoms with Crippen LogP contribution >= 0.6 is 0 Å². The van der Waals surface area contributed by atoms with E-state index < -0.39 is 41.5 Å². The van der Waals surface area contributed by atoms with Crippen LogP contribution in [0, 0.1) is 17.7 Å². The summed E-state index contributed by atoms with van der Waals surface area (Å²) in [6.45, 7) is 2.74. The van der Waals surface area contributed by atoms with Crippen molar-refractivity contribution in [2.24, 2.45) is 11.8 Å². The highest BCUT2D eigenvalue weighted by atomic mass is 19.4. The van der Waals surface area contributed by atoms with E-state index in [1.807, 2.05) is 0 Å². The van der Waals surface area contributed by atoms with Crippen molar-refractivity contribution in [1.29, 1.82) is 0 Å². The molecule has 10 heteroatoms. The van der Waals surface area contributed by atoms with Crippen LogP contribution in [0.25, 0.3) is 0 Å². The van der Waals surface area contributed by atoms with Gasteiger partial charge in [0.25, 0.3) is 0 Å². The molecule has 2 aliphatic carbocycles. The number of rotatable bonds is 5. The number of halogens is 7. The van der Waals surface area contributed by atoms with Crippen LogP contribution in [-0.4, -0.2) is 29.9 Å². The molecule has 0 spiro atoms. The maximum Gasteiger partial charge on any atom is 0.416 e. The molecule has 0 radical (unpaired) electrons. The van der Waals surface area contributed by atoms with Crippen LogP contribution in [0.1, 0.15) is 54.0 Å². The van der Waals surface area contributed by atoms with Crippen LogP contribution in [0.15, 0.2) is 66.4 Å². The van der Waals surface area contributed by atoms with Gasteiger partial charge in [0.05, 0.1) is 23.3 Å². The molecule has 0 amide bonds. The predicted molar refractivity (Wildman–Crippen MR) is 129 cm³/mol. The summed E-state index contributed by atoms with van der Waals surface area (Å²) in [5.74, 6) is -0.534. The second kappa shape index (κ2) is 10.1. The number of nitrogens with zero attached hydrogens (tertiary/aromatic N) is 1. The number of likely N-dealkylation sites (tertiary alicyclic amines) is 1. The first-order chi connectivity index (χ1) is 18.3. The van der Waals surface area contributed by atoms with Gasteiger partial charge in [-0.2, -0.15) is 26.3 Å². The summed E-state index contributed by atoms with van der Waals surface area (Å²) < 4.78 is 101. The zero-order valence-electron chi connectivity index (χ0n) is 20.9. The van der Waals surface area contributed by atoms with Crippen molar-refractivity contribution in [3.8, 4) is 0 Å². The van der Waals surface area contributed by atoms with E-state index in [0.717, 1.165) is 17.7 Å². The normalized spacial score (nSPS) is 26.1. The van der Waals surface area contributed by atoms with E-state index in [-0.39, 0.29) is 35.2 Å². The smallest absolute Gasteiger partial charge is 0.371 e. The summed E-state index contributed by atoms with van der Waals surface area (Å²) in [4.78, 5) is 13.8. The fourth-order valence-electron chi connectivity index (χ4n) is 6.11. The van der Waals surface area contributed by atoms with E-state index in [9.17, 15) is 35.5 Å². The quantitative estimate of drug-likeness (QED) is 0.360. The van der Waals surface area contributed by atoms with Gasteiger partial charge >= 0.3 is 12.4 Å². The number of benzene rings is 2. The van der Waals surface area contributed by atoms with Crippen LogP contribution < -0.4 is 0 Å². The van der Waals surface area contributed by atoms with E-state index in [1.165, 1.54) is 25.1 Å². The molecule has 208 valence electrons. The SMILES string of the molecule is C[C@@H](O[C@H]1CC[C@@H]2CN(C3=CC(=O)C=C3)C[C@H]2[C@@H]1c1ccc(F)cc1)c1cc(C(F)(F)F)cc(C(F)(F)F)c1. The largest absolute Gasteiger partial charge is 0.416 e. The Morgan fingerprint density at radius 1 is 0.897 bits per heavy atom. The third kappa shape index (κ3) is 5.76. The van der Waals surface area contributed by atoms with Gasteiger partial charge in [-0.25, -0.2) is 4.39 Å². The standard InChI is InChI=1S/C29H26F7NO2/c1-16(19-10-20(28(31,32)33)12-21(11-19)29(34,35)36)39-26-9-4-18-14-37(23-7-8-24(38)13-23)15-25(18)27(26)17-2-5-22(30)6-3-17/h2-3,5-8,10-13,16,18,25-27H,4,9,14-15H2,1H3/t16-,18-,25-,26+,27+/m1/s1. The average Bonchev–Trinajstić information content (AvgIpc) is 3.49. The zero-order valence-corrected chi connectivity index (χ0v) is 20.9. The van der Waals surface area contributed by atoms with Crippen molar-refractivity contribution in [3.05, 3.63) is 94.5 Å². The van der Waals surface area contributed by atoms with Crippen molar-refractivity contribution in [3.63, 3.8) is 0 Å². The zero-order chi connectivity index (χ0) is 28.1. The summed E-state index contributed by atoms with van der Waals surface area (Å²) in [7, 11) is 0. The molecule has 2 aromatic carbocycles. The van der Waals surface area contributed by atoms with Gasteiger partial charge in [-0.3, -0.25) is 4.79 Å². The Morgan fingerprint density at radius 2 is 1.54 bits per heavy atom. The number of ether oxygens (including phenoxy) is 1. The van der Waals surface area contributed by atoms with Crippen LogP contribution in [-0.2, 0) is 21.9 Å². The lowest BCUT2D eigenvalue weighted by Gasteiger charge is -2.41.